The Labute approximate surface area is 71.1 Å². The van der Waals surface area contributed by atoms with Gasteiger partial charge in [0.25, 0.3) is 0 Å². The fourth-order valence-corrected chi connectivity index (χ4v) is 0.783. The molecular formula is C8H13NO3. The van der Waals surface area contributed by atoms with Crippen LogP contribution in [0, 0.1) is 0 Å². The SMILES string of the molecule is CCCC/C(=C\C(=O)O)C(N)=O. The van der Waals surface area contributed by atoms with E-state index in [1.54, 1.807) is 0 Å². The third-order valence-electron chi connectivity index (χ3n) is 1.41. The lowest BCUT2D eigenvalue weighted by atomic mass is 10.1. The van der Waals surface area contributed by atoms with E-state index in [9.17, 15) is 9.59 Å². The fourth-order valence-electron chi connectivity index (χ4n) is 0.783. The average molecular weight is 171 g/mol. The van der Waals surface area contributed by atoms with Crippen LogP contribution in [0.4, 0.5) is 0 Å². The second-order valence-corrected chi connectivity index (χ2v) is 2.48. The van der Waals surface area contributed by atoms with E-state index in [0.29, 0.717) is 6.42 Å². The normalized spacial score (nSPS) is 11.2. The summed E-state index contributed by atoms with van der Waals surface area (Å²) in [4.78, 5) is 20.8. The van der Waals surface area contributed by atoms with Crippen LogP contribution in [0.1, 0.15) is 26.2 Å². The number of primary amides is 1. The minimum atomic E-state index is -1.13. The number of rotatable bonds is 5. The van der Waals surface area contributed by atoms with Crippen molar-refractivity contribution < 1.29 is 14.7 Å². The molecule has 0 unspecified atom stereocenters. The molecule has 0 aliphatic heterocycles. The second-order valence-electron chi connectivity index (χ2n) is 2.48. The monoisotopic (exact) mass is 171 g/mol. The molecule has 0 saturated heterocycles. The fraction of sp³-hybridized carbons (Fsp3) is 0.500. The molecular weight excluding hydrogens is 158 g/mol. The van der Waals surface area contributed by atoms with Gasteiger partial charge in [-0.15, -0.1) is 0 Å². The van der Waals surface area contributed by atoms with E-state index in [1.165, 1.54) is 0 Å². The largest absolute Gasteiger partial charge is 0.478 e. The highest BCUT2D eigenvalue weighted by Gasteiger charge is 2.05. The summed E-state index contributed by atoms with van der Waals surface area (Å²) < 4.78 is 0. The molecule has 0 rings (SSSR count). The molecule has 0 aromatic rings. The molecule has 0 fully saturated rings. The number of carboxylic acids is 1. The van der Waals surface area contributed by atoms with Gasteiger partial charge in [0.1, 0.15) is 0 Å². The number of hydrogen-bond donors (Lipinski definition) is 2. The summed E-state index contributed by atoms with van der Waals surface area (Å²) in [6, 6.07) is 0. The van der Waals surface area contributed by atoms with Gasteiger partial charge in [-0.05, 0) is 12.8 Å². The first-order valence-electron chi connectivity index (χ1n) is 3.81. The molecule has 0 heterocycles. The van der Waals surface area contributed by atoms with Crippen molar-refractivity contribution in [2.45, 2.75) is 26.2 Å². The Morgan fingerprint density at radius 3 is 2.42 bits per heavy atom. The molecule has 0 radical (unpaired) electrons. The first-order valence-corrected chi connectivity index (χ1v) is 3.81. The lowest BCUT2D eigenvalue weighted by Gasteiger charge is -1.99. The van der Waals surface area contributed by atoms with Gasteiger partial charge in [-0.3, -0.25) is 4.79 Å². The number of carboxylic acid groups (broad SMARTS) is 1. The minimum absolute atomic E-state index is 0.185. The summed E-state index contributed by atoms with van der Waals surface area (Å²) in [6.45, 7) is 1.96. The van der Waals surface area contributed by atoms with E-state index in [-0.39, 0.29) is 5.57 Å². The van der Waals surface area contributed by atoms with Gasteiger partial charge >= 0.3 is 5.97 Å². The molecule has 0 spiro atoms. The van der Waals surface area contributed by atoms with Crippen LogP contribution in [-0.4, -0.2) is 17.0 Å². The van der Waals surface area contributed by atoms with Crippen LogP contribution in [0.25, 0.3) is 0 Å². The Morgan fingerprint density at radius 2 is 2.08 bits per heavy atom. The van der Waals surface area contributed by atoms with Crippen molar-refractivity contribution in [2.24, 2.45) is 5.73 Å². The van der Waals surface area contributed by atoms with Gasteiger partial charge in [-0.25, -0.2) is 4.79 Å². The Bertz CT molecular complexity index is 208. The van der Waals surface area contributed by atoms with Crippen molar-refractivity contribution in [1.82, 2.24) is 0 Å². The second kappa shape index (κ2) is 5.35. The highest BCUT2D eigenvalue weighted by Crippen LogP contribution is 2.05. The van der Waals surface area contributed by atoms with Gasteiger partial charge in [0.2, 0.25) is 5.91 Å². The third kappa shape index (κ3) is 4.49. The molecule has 0 aromatic carbocycles. The maximum absolute atomic E-state index is 10.6. The topological polar surface area (TPSA) is 80.4 Å². The van der Waals surface area contributed by atoms with Gasteiger partial charge in [0, 0.05) is 11.6 Å². The highest BCUT2D eigenvalue weighted by molar-refractivity contribution is 5.97. The molecule has 0 aromatic heterocycles. The zero-order valence-electron chi connectivity index (χ0n) is 7.04. The number of carbonyl (C=O) groups excluding carboxylic acids is 1. The van der Waals surface area contributed by atoms with Crippen LogP contribution in [0.5, 0.6) is 0 Å². The van der Waals surface area contributed by atoms with Crippen molar-refractivity contribution >= 4 is 11.9 Å². The number of carbonyl (C=O) groups is 2. The summed E-state index contributed by atoms with van der Waals surface area (Å²) >= 11 is 0. The Hall–Kier alpha value is -1.32. The Morgan fingerprint density at radius 1 is 1.50 bits per heavy atom. The van der Waals surface area contributed by atoms with Crippen LogP contribution in [0.15, 0.2) is 11.6 Å². The van der Waals surface area contributed by atoms with Crippen molar-refractivity contribution in [3.63, 3.8) is 0 Å². The third-order valence-corrected chi connectivity index (χ3v) is 1.41. The van der Waals surface area contributed by atoms with E-state index in [2.05, 4.69) is 0 Å². The van der Waals surface area contributed by atoms with Crippen molar-refractivity contribution in [3.05, 3.63) is 11.6 Å². The molecule has 4 nitrogen and oxygen atoms in total. The molecule has 0 saturated carbocycles. The predicted octanol–water partition coefficient (Wildman–Crippen LogP) is 0.673. The molecule has 12 heavy (non-hydrogen) atoms. The van der Waals surface area contributed by atoms with Gasteiger partial charge in [-0.2, -0.15) is 0 Å². The van der Waals surface area contributed by atoms with Crippen molar-refractivity contribution in [2.75, 3.05) is 0 Å². The zero-order chi connectivity index (χ0) is 9.56. The van der Waals surface area contributed by atoms with Crippen LogP contribution in [0.3, 0.4) is 0 Å². The van der Waals surface area contributed by atoms with Gasteiger partial charge in [0.15, 0.2) is 0 Å². The summed E-state index contributed by atoms with van der Waals surface area (Å²) in [5.74, 6) is -1.77. The van der Waals surface area contributed by atoms with Gasteiger partial charge in [-0.1, -0.05) is 13.3 Å². The molecule has 4 heteroatoms. The van der Waals surface area contributed by atoms with E-state index in [1.807, 2.05) is 6.92 Å². The quantitative estimate of drug-likeness (QED) is 0.596. The average Bonchev–Trinajstić information content (AvgIpc) is 1.96. The number of amides is 1. The summed E-state index contributed by atoms with van der Waals surface area (Å²) in [5, 5.41) is 8.35. The van der Waals surface area contributed by atoms with Gasteiger partial charge in [0.05, 0.1) is 0 Å². The molecule has 0 aliphatic carbocycles. The maximum atomic E-state index is 10.6. The van der Waals surface area contributed by atoms with E-state index in [4.69, 9.17) is 10.8 Å². The minimum Gasteiger partial charge on any atom is -0.478 e. The molecule has 3 N–H and O–H groups in total. The molecule has 0 aliphatic rings. The van der Waals surface area contributed by atoms with Crippen molar-refractivity contribution in [3.8, 4) is 0 Å². The smallest absolute Gasteiger partial charge is 0.328 e. The summed E-state index contributed by atoms with van der Waals surface area (Å²) in [6.07, 6.45) is 3.00. The van der Waals surface area contributed by atoms with E-state index >= 15 is 0 Å². The zero-order valence-corrected chi connectivity index (χ0v) is 7.04. The van der Waals surface area contributed by atoms with E-state index in [0.717, 1.165) is 18.9 Å². The molecule has 0 atom stereocenters. The molecule has 1 amide bonds. The molecule has 0 bridgehead atoms. The lowest BCUT2D eigenvalue weighted by molar-refractivity contribution is -0.131. The van der Waals surface area contributed by atoms with Crippen molar-refractivity contribution in [1.29, 1.82) is 0 Å². The number of hydrogen-bond acceptors (Lipinski definition) is 2. The first-order chi connectivity index (χ1) is 5.57. The molecule has 68 valence electrons. The predicted molar refractivity (Wildman–Crippen MR) is 44.4 cm³/mol. The Balaban J connectivity index is 4.23. The van der Waals surface area contributed by atoms with Gasteiger partial charge < -0.3 is 10.8 Å². The van der Waals surface area contributed by atoms with Crippen LogP contribution < -0.4 is 5.73 Å². The van der Waals surface area contributed by atoms with Crippen LogP contribution in [0.2, 0.25) is 0 Å². The maximum Gasteiger partial charge on any atom is 0.328 e. The highest BCUT2D eigenvalue weighted by atomic mass is 16.4. The van der Waals surface area contributed by atoms with Crippen LogP contribution >= 0.6 is 0 Å². The van der Waals surface area contributed by atoms with Crippen LogP contribution in [-0.2, 0) is 9.59 Å². The number of unbranched alkanes of at least 4 members (excludes halogenated alkanes) is 1. The summed E-state index contributed by atoms with van der Waals surface area (Å²) in [7, 11) is 0. The van der Waals surface area contributed by atoms with E-state index < -0.39 is 11.9 Å². The lowest BCUT2D eigenvalue weighted by Crippen LogP contribution is -2.15. The number of nitrogens with two attached hydrogens (primary N) is 1. The standard InChI is InChI=1S/C8H13NO3/c1-2-3-4-6(8(9)12)5-7(10)11/h5H,2-4H2,1H3,(H2,9,12)(H,10,11)/b6-5+. The number of aliphatic carboxylic acids is 1. The Kier molecular flexibility index (Phi) is 4.76. The summed E-state index contributed by atoms with van der Waals surface area (Å²) in [5.41, 5.74) is 5.14. The first kappa shape index (κ1) is 10.7.